The third-order valence-corrected chi connectivity index (χ3v) is 4.77. The van der Waals surface area contributed by atoms with E-state index in [0.29, 0.717) is 13.0 Å². The van der Waals surface area contributed by atoms with E-state index < -0.39 is 0 Å². The molecule has 6 heteroatoms. The van der Waals surface area contributed by atoms with Crippen LogP contribution in [0.3, 0.4) is 0 Å². The summed E-state index contributed by atoms with van der Waals surface area (Å²) in [5.41, 5.74) is 0. The van der Waals surface area contributed by atoms with Gasteiger partial charge in [-0.15, -0.1) is 11.3 Å². The average Bonchev–Trinajstić information content (AvgIpc) is 2.94. The van der Waals surface area contributed by atoms with Crippen molar-refractivity contribution in [1.82, 2.24) is 9.88 Å². The van der Waals surface area contributed by atoms with Crippen LogP contribution in [-0.4, -0.2) is 55.2 Å². The number of hydrogen-bond donors (Lipinski definition) is 0. The number of anilines is 1. The van der Waals surface area contributed by atoms with Gasteiger partial charge in [-0.3, -0.25) is 4.79 Å². The van der Waals surface area contributed by atoms with Crippen molar-refractivity contribution >= 4 is 22.4 Å². The van der Waals surface area contributed by atoms with Crippen molar-refractivity contribution in [2.24, 2.45) is 0 Å². The SMILES string of the molecule is CCOC(=O)CCCCCN1CCCN(c2nccs2)CC1. The third kappa shape index (κ3) is 5.93. The number of rotatable bonds is 8. The maximum absolute atomic E-state index is 11.3. The summed E-state index contributed by atoms with van der Waals surface area (Å²) in [7, 11) is 0. The van der Waals surface area contributed by atoms with Crippen molar-refractivity contribution < 1.29 is 9.53 Å². The van der Waals surface area contributed by atoms with Gasteiger partial charge in [0.2, 0.25) is 0 Å². The Morgan fingerprint density at radius 1 is 1.27 bits per heavy atom. The maximum Gasteiger partial charge on any atom is 0.305 e. The van der Waals surface area contributed by atoms with Crippen LogP contribution in [0, 0.1) is 0 Å². The molecule has 1 fully saturated rings. The summed E-state index contributed by atoms with van der Waals surface area (Å²) in [6.07, 6.45) is 6.85. The molecule has 0 radical (unpaired) electrons. The van der Waals surface area contributed by atoms with E-state index in [4.69, 9.17) is 4.74 Å². The lowest BCUT2D eigenvalue weighted by atomic mass is 10.2. The van der Waals surface area contributed by atoms with Gasteiger partial charge in [0.25, 0.3) is 0 Å². The van der Waals surface area contributed by atoms with Crippen molar-refractivity contribution in [2.45, 2.75) is 39.0 Å². The molecular formula is C16H27N3O2S. The molecule has 1 aromatic heterocycles. The van der Waals surface area contributed by atoms with Gasteiger partial charge in [-0.2, -0.15) is 0 Å². The number of thiazole rings is 1. The Morgan fingerprint density at radius 2 is 2.18 bits per heavy atom. The number of aromatic nitrogens is 1. The molecule has 2 heterocycles. The molecule has 0 bridgehead atoms. The van der Waals surface area contributed by atoms with Crippen LogP contribution in [0.15, 0.2) is 11.6 Å². The highest BCUT2D eigenvalue weighted by Crippen LogP contribution is 2.19. The summed E-state index contributed by atoms with van der Waals surface area (Å²) < 4.78 is 4.94. The zero-order valence-electron chi connectivity index (χ0n) is 13.5. The normalized spacial score (nSPS) is 16.5. The summed E-state index contributed by atoms with van der Waals surface area (Å²) in [5, 5.41) is 3.19. The standard InChI is InChI=1S/C16H27N3O2S/c1-2-21-15(20)7-4-3-5-9-18-10-6-11-19(13-12-18)16-17-8-14-22-16/h8,14H,2-7,9-13H2,1H3. The molecule has 0 aromatic carbocycles. The van der Waals surface area contributed by atoms with Gasteiger partial charge in [0, 0.05) is 37.6 Å². The molecule has 22 heavy (non-hydrogen) atoms. The van der Waals surface area contributed by atoms with Crippen molar-refractivity contribution in [1.29, 1.82) is 0 Å². The molecule has 5 nitrogen and oxygen atoms in total. The summed E-state index contributed by atoms with van der Waals surface area (Å²) in [6.45, 7) is 7.92. The number of ether oxygens (including phenoxy) is 1. The average molecular weight is 325 g/mol. The summed E-state index contributed by atoms with van der Waals surface area (Å²) >= 11 is 1.72. The molecule has 0 amide bonds. The van der Waals surface area contributed by atoms with E-state index >= 15 is 0 Å². The smallest absolute Gasteiger partial charge is 0.305 e. The number of unbranched alkanes of at least 4 members (excludes halogenated alkanes) is 2. The fourth-order valence-corrected chi connectivity index (χ4v) is 3.47. The first-order chi connectivity index (χ1) is 10.8. The van der Waals surface area contributed by atoms with Crippen molar-refractivity contribution in [2.75, 3.05) is 44.2 Å². The largest absolute Gasteiger partial charge is 0.466 e. The second-order valence-electron chi connectivity index (χ2n) is 5.61. The molecule has 2 rings (SSSR count). The molecule has 0 unspecified atom stereocenters. The molecule has 1 aromatic rings. The molecule has 1 aliphatic rings. The van der Waals surface area contributed by atoms with E-state index in [2.05, 4.69) is 14.8 Å². The Hall–Kier alpha value is -1.14. The molecule has 1 aliphatic heterocycles. The van der Waals surface area contributed by atoms with Crippen LogP contribution >= 0.6 is 11.3 Å². The van der Waals surface area contributed by atoms with Gasteiger partial charge >= 0.3 is 5.97 Å². The Kier molecular flexibility index (Phi) is 7.66. The molecule has 1 saturated heterocycles. The van der Waals surface area contributed by atoms with E-state index in [9.17, 15) is 4.79 Å². The van der Waals surface area contributed by atoms with Crippen LogP contribution in [0.5, 0.6) is 0 Å². The second-order valence-corrected chi connectivity index (χ2v) is 6.49. The zero-order valence-corrected chi connectivity index (χ0v) is 14.3. The van der Waals surface area contributed by atoms with Crippen LogP contribution < -0.4 is 4.90 Å². The quantitative estimate of drug-likeness (QED) is 0.543. The van der Waals surface area contributed by atoms with Crippen LogP contribution in [0.25, 0.3) is 0 Å². The predicted molar refractivity (Wildman–Crippen MR) is 90.5 cm³/mol. The van der Waals surface area contributed by atoms with Gasteiger partial charge in [0.15, 0.2) is 5.13 Å². The molecule has 124 valence electrons. The molecule has 0 saturated carbocycles. The molecule has 0 spiro atoms. The van der Waals surface area contributed by atoms with Crippen LogP contribution in [0.1, 0.15) is 39.0 Å². The van der Waals surface area contributed by atoms with Crippen molar-refractivity contribution in [3.05, 3.63) is 11.6 Å². The van der Waals surface area contributed by atoms with Gasteiger partial charge in [0.05, 0.1) is 6.61 Å². The first-order valence-electron chi connectivity index (χ1n) is 8.32. The lowest BCUT2D eigenvalue weighted by molar-refractivity contribution is -0.143. The number of nitrogens with zero attached hydrogens (tertiary/aromatic N) is 3. The number of esters is 1. The third-order valence-electron chi connectivity index (χ3n) is 3.94. The summed E-state index contributed by atoms with van der Waals surface area (Å²) in [5.74, 6) is -0.0589. The number of carbonyl (C=O) groups is 1. The van der Waals surface area contributed by atoms with E-state index in [1.54, 1.807) is 11.3 Å². The monoisotopic (exact) mass is 325 g/mol. The Balaban J connectivity index is 1.58. The predicted octanol–water partition coefficient (Wildman–Crippen LogP) is 2.78. The van der Waals surface area contributed by atoms with Gasteiger partial charge in [-0.1, -0.05) is 6.42 Å². The maximum atomic E-state index is 11.3. The fourth-order valence-electron chi connectivity index (χ4n) is 2.77. The molecule has 0 N–H and O–H groups in total. The zero-order chi connectivity index (χ0) is 15.6. The van der Waals surface area contributed by atoms with Crippen molar-refractivity contribution in [3.63, 3.8) is 0 Å². The van der Waals surface area contributed by atoms with Crippen LogP contribution in [0.2, 0.25) is 0 Å². The minimum Gasteiger partial charge on any atom is -0.466 e. The fraction of sp³-hybridized carbons (Fsp3) is 0.750. The van der Waals surface area contributed by atoms with Gasteiger partial charge < -0.3 is 14.5 Å². The van der Waals surface area contributed by atoms with Gasteiger partial charge in [-0.05, 0) is 39.3 Å². The number of hydrogen-bond acceptors (Lipinski definition) is 6. The lowest BCUT2D eigenvalue weighted by Crippen LogP contribution is -2.31. The first kappa shape index (κ1) is 17.2. The Morgan fingerprint density at radius 3 is 2.95 bits per heavy atom. The van der Waals surface area contributed by atoms with E-state index in [0.717, 1.165) is 50.6 Å². The van der Waals surface area contributed by atoms with E-state index in [-0.39, 0.29) is 5.97 Å². The second kappa shape index (κ2) is 9.79. The molecule has 0 atom stereocenters. The van der Waals surface area contributed by atoms with Gasteiger partial charge in [-0.25, -0.2) is 4.98 Å². The molecule has 0 aliphatic carbocycles. The van der Waals surface area contributed by atoms with Crippen molar-refractivity contribution in [3.8, 4) is 0 Å². The minimum absolute atomic E-state index is 0.0589. The highest BCUT2D eigenvalue weighted by atomic mass is 32.1. The Labute approximate surface area is 137 Å². The van der Waals surface area contributed by atoms with Gasteiger partial charge in [0.1, 0.15) is 0 Å². The first-order valence-corrected chi connectivity index (χ1v) is 9.20. The van der Waals surface area contributed by atoms with Crippen LogP contribution in [-0.2, 0) is 9.53 Å². The highest BCUT2D eigenvalue weighted by Gasteiger charge is 2.16. The summed E-state index contributed by atoms with van der Waals surface area (Å²) in [6, 6.07) is 0. The Bertz CT molecular complexity index is 425. The highest BCUT2D eigenvalue weighted by molar-refractivity contribution is 7.13. The van der Waals surface area contributed by atoms with E-state index in [1.807, 2.05) is 18.5 Å². The lowest BCUT2D eigenvalue weighted by Gasteiger charge is -2.21. The minimum atomic E-state index is -0.0589. The topological polar surface area (TPSA) is 45.7 Å². The summed E-state index contributed by atoms with van der Waals surface area (Å²) in [4.78, 5) is 20.6. The van der Waals surface area contributed by atoms with Crippen LogP contribution in [0.4, 0.5) is 5.13 Å². The molecular weight excluding hydrogens is 298 g/mol. The number of carbonyl (C=O) groups excluding carboxylic acids is 1. The van der Waals surface area contributed by atoms with E-state index in [1.165, 1.54) is 13.0 Å².